The van der Waals surface area contributed by atoms with Gasteiger partial charge >= 0.3 is 0 Å². The Morgan fingerprint density at radius 3 is 1.87 bits per heavy atom. The van der Waals surface area contributed by atoms with Gasteiger partial charge < -0.3 is 9.13 Å². The summed E-state index contributed by atoms with van der Waals surface area (Å²) in [6, 6.07) is 47.5. The molecule has 3 heterocycles. The molecule has 0 fully saturated rings. The van der Waals surface area contributed by atoms with Crippen molar-refractivity contribution in [2.24, 2.45) is 0 Å². The van der Waals surface area contributed by atoms with E-state index in [4.69, 9.17) is 4.98 Å². The number of para-hydroxylation sites is 3. The van der Waals surface area contributed by atoms with Crippen molar-refractivity contribution < 1.29 is 0 Å². The van der Waals surface area contributed by atoms with Gasteiger partial charge in [0.25, 0.3) is 0 Å². The van der Waals surface area contributed by atoms with Crippen LogP contribution in [-0.4, -0.2) is 14.1 Å². The molecule has 0 amide bonds. The fourth-order valence-electron chi connectivity index (χ4n) is 5.97. The van der Waals surface area contributed by atoms with Gasteiger partial charge in [-0.25, -0.2) is 0 Å². The predicted molar refractivity (Wildman–Crippen MR) is 158 cm³/mol. The largest absolute Gasteiger partial charge is 0.309 e. The van der Waals surface area contributed by atoms with Crippen molar-refractivity contribution in [3.05, 3.63) is 140 Å². The lowest BCUT2D eigenvalue weighted by atomic mass is 9.99. The quantitative estimate of drug-likeness (QED) is 0.245. The molecule has 38 heavy (non-hydrogen) atoms. The predicted octanol–water partition coefficient (Wildman–Crippen LogP) is 8.94. The molecule has 0 N–H and O–H groups in total. The Kier molecular flexibility index (Phi) is 4.52. The Morgan fingerprint density at radius 1 is 0.447 bits per heavy atom. The molecule has 3 aromatic heterocycles. The summed E-state index contributed by atoms with van der Waals surface area (Å²) in [5, 5.41) is 3.68. The first kappa shape index (κ1) is 21.0. The zero-order chi connectivity index (χ0) is 25.1. The van der Waals surface area contributed by atoms with Crippen molar-refractivity contribution >= 4 is 43.7 Å². The van der Waals surface area contributed by atoms with E-state index in [1.54, 1.807) is 0 Å². The molecular weight excluding hydrogens is 462 g/mol. The second-order valence-corrected chi connectivity index (χ2v) is 9.66. The summed E-state index contributed by atoms with van der Waals surface area (Å²) < 4.78 is 4.68. The summed E-state index contributed by atoms with van der Waals surface area (Å²) in [7, 11) is 0. The van der Waals surface area contributed by atoms with Crippen LogP contribution in [0.2, 0.25) is 0 Å². The average molecular weight is 486 g/mol. The number of aromatic nitrogens is 3. The van der Waals surface area contributed by atoms with Crippen LogP contribution in [0.3, 0.4) is 0 Å². The molecule has 8 aromatic rings. The molecule has 0 aliphatic heterocycles. The first-order chi connectivity index (χ1) is 18.9. The van der Waals surface area contributed by atoms with Crippen LogP contribution in [0.15, 0.2) is 140 Å². The SMILES string of the molecule is c1ccc(-n2c3ccccc3c3cc(-c4cccc5c4c4ncccc4n5-c4ccccc4)ccc32)cc1. The zero-order valence-electron chi connectivity index (χ0n) is 20.6. The third kappa shape index (κ3) is 2.99. The lowest BCUT2D eigenvalue weighted by Gasteiger charge is -2.09. The molecule has 0 saturated carbocycles. The van der Waals surface area contributed by atoms with E-state index in [0.717, 1.165) is 22.2 Å². The third-order valence-electron chi connectivity index (χ3n) is 7.56. The van der Waals surface area contributed by atoms with Crippen LogP contribution in [0, 0.1) is 0 Å². The summed E-state index contributed by atoms with van der Waals surface area (Å²) in [4.78, 5) is 4.87. The van der Waals surface area contributed by atoms with Gasteiger partial charge in [-0.05, 0) is 71.8 Å². The average Bonchev–Trinajstić information content (AvgIpc) is 3.51. The Balaban J connectivity index is 1.44. The molecule has 0 unspecified atom stereocenters. The molecule has 3 heteroatoms. The zero-order valence-corrected chi connectivity index (χ0v) is 20.6. The lowest BCUT2D eigenvalue weighted by Crippen LogP contribution is -1.93. The van der Waals surface area contributed by atoms with Gasteiger partial charge in [-0.15, -0.1) is 0 Å². The van der Waals surface area contributed by atoms with Gasteiger partial charge in [-0.2, -0.15) is 0 Å². The van der Waals surface area contributed by atoms with Crippen molar-refractivity contribution in [1.29, 1.82) is 0 Å². The van der Waals surface area contributed by atoms with Gasteiger partial charge in [0.2, 0.25) is 0 Å². The van der Waals surface area contributed by atoms with E-state index in [1.807, 2.05) is 12.3 Å². The Morgan fingerprint density at radius 2 is 1.08 bits per heavy atom. The number of fused-ring (bicyclic) bond motifs is 6. The third-order valence-corrected chi connectivity index (χ3v) is 7.56. The lowest BCUT2D eigenvalue weighted by molar-refractivity contribution is 1.18. The standard InChI is InChI=1S/C35H23N3/c1-3-11-25(12-4-1)37-30-17-8-7-15-28(30)29-23-24(20-21-31(29)37)27-16-9-18-32-34(27)35-33(19-10-22-36-35)38(32)26-13-5-2-6-14-26/h1-23H. The minimum Gasteiger partial charge on any atom is -0.309 e. The summed E-state index contributed by atoms with van der Waals surface area (Å²) in [5.74, 6) is 0. The van der Waals surface area contributed by atoms with Crippen molar-refractivity contribution in [2.45, 2.75) is 0 Å². The van der Waals surface area contributed by atoms with Gasteiger partial charge in [0.05, 0.1) is 27.6 Å². The van der Waals surface area contributed by atoms with Gasteiger partial charge in [0, 0.05) is 33.7 Å². The fourth-order valence-corrected chi connectivity index (χ4v) is 5.97. The van der Waals surface area contributed by atoms with Crippen LogP contribution in [0.1, 0.15) is 0 Å². The Labute approximate surface area is 219 Å². The summed E-state index contributed by atoms with van der Waals surface area (Å²) in [5.41, 5.74) is 10.4. The van der Waals surface area contributed by atoms with Crippen LogP contribution >= 0.6 is 0 Å². The van der Waals surface area contributed by atoms with E-state index < -0.39 is 0 Å². The number of pyridine rings is 1. The first-order valence-electron chi connectivity index (χ1n) is 12.9. The van der Waals surface area contributed by atoms with E-state index in [-0.39, 0.29) is 0 Å². The van der Waals surface area contributed by atoms with Crippen molar-refractivity contribution in [3.8, 4) is 22.5 Å². The van der Waals surface area contributed by atoms with E-state index in [2.05, 4.69) is 137 Å². The minimum atomic E-state index is 1.02. The van der Waals surface area contributed by atoms with E-state index >= 15 is 0 Å². The molecule has 0 aliphatic carbocycles. The minimum absolute atomic E-state index is 1.02. The summed E-state index contributed by atoms with van der Waals surface area (Å²) in [6.07, 6.45) is 1.89. The normalized spacial score (nSPS) is 11.7. The van der Waals surface area contributed by atoms with Crippen LogP contribution in [0.25, 0.3) is 66.2 Å². The monoisotopic (exact) mass is 485 g/mol. The maximum atomic E-state index is 4.87. The fraction of sp³-hybridized carbons (Fsp3) is 0. The second-order valence-electron chi connectivity index (χ2n) is 9.66. The number of hydrogen-bond acceptors (Lipinski definition) is 1. The number of benzene rings is 5. The molecule has 3 nitrogen and oxygen atoms in total. The van der Waals surface area contributed by atoms with Gasteiger partial charge in [0.15, 0.2) is 0 Å². The highest BCUT2D eigenvalue weighted by molar-refractivity contribution is 6.16. The highest BCUT2D eigenvalue weighted by Crippen LogP contribution is 2.40. The number of rotatable bonds is 3. The van der Waals surface area contributed by atoms with Crippen molar-refractivity contribution in [1.82, 2.24) is 14.1 Å². The van der Waals surface area contributed by atoms with Crippen molar-refractivity contribution in [2.75, 3.05) is 0 Å². The molecule has 8 rings (SSSR count). The molecular formula is C35H23N3. The van der Waals surface area contributed by atoms with E-state index in [1.165, 1.54) is 44.0 Å². The van der Waals surface area contributed by atoms with Gasteiger partial charge in [-0.3, -0.25) is 4.98 Å². The number of nitrogens with zero attached hydrogens (tertiary/aromatic N) is 3. The molecule has 0 bridgehead atoms. The molecule has 0 aliphatic rings. The molecule has 0 radical (unpaired) electrons. The van der Waals surface area contributed by atoms with Crippen LogP contribution in [0.5, 0.6) is 0 Å². The molecule has 5 aromatic carbocycles. The first-order valence-corrected chi connectivity index (χ1v) is 12.9. The van der Waals surface area contributed by atoms with Crippen LogP contribution in [0.4, 0.5) is 0 Å². The van der Waals surface area contributed by atoms with Crippen molar-refractivity contribution in [3.63, 3.8) is 0 Å². The second kappa shape index (κ2) is 8.19. The highest BCUT2D eigenvalue weighted by Gasteiger charge is 2.18. The summed E-state index contributed by atoms with van der Waals surface area (Å²) in [6.45, 7) is 0. The molecule has 0 saturated heterocycles. The molecule has 178 valence electrons. The van der Waals surface area contributed by atoms with Gasteiger partial charge in [0.1, 0.15) is 0 Å². The van der Waals surface area contributed by atoms with E-state index in [9.17, 15) is 0 Å². The van der Waals surface area contributed by atoms with Gasteiger partial charge in [-0.1, -0.05) is 72.8 Å². The maximum absolute atomic E-state index is 4.87. The molecule has 0 spiro atoms. The smallest absolute Gasteiger partial charge is 0.0969 e. The van der Waals surface area contributed by atoms with Crippen LogP contribution < -0.4 is 0 Å². The maximum Gasteiger partial charge on any atom is 0.0969 e. The van der Waals surface area contributed by atoms with E-state index in [0.29, 0.717) is 0 Å². The Hall–Kier alpha value is -5.15. The Bertz CT molecular complexity index is 2120. The topological polar surface area (TPSA) is 22.8 Å². The molecule has 0 atom stereocenters. The van der Waals surface area contributed by atoms with Crippen LogP contribution in [-0.2, 0) is 0 Å². The highest BCUT2D eigenvalue weighted by atomic mass is 15.0. The number of hydrogen-bond donors (Lipinski definition) is 0. The summed E-state index contributed by atoms with van der Waals surface area (Å²) >= 11 is 0.